The maximum Gasteiger partial charge on any atom is 0.318 e. The molecule has 2 aliphatic heterocycles. The highest BCUT2D eigenvalue weighted by Crippen LogP contribution is 2.31. The summed E-state index contributed by atoms with van der Waals surface area (Å²) in [4.78, 5) is 30.8. The second kappa shape index (κ2) is 13.3. The summed E-state index contributed by atoms with van der Waals surface area (Å²) >= 11 is 0. The van der Waals surface area contributed by atoms with Gasteiger partial charge < -0.3 is 25.2 Å². The summed E-state index contributed by atoms with van der Waals surface area (Å²) in [6, 6.07) is 1.97. The van der Waals surface area contributed by atoms with Gasteiger partial charge in [0.25, 0.3) is 0 Å². The second-order valence-electron chi connectivity index (χ2n) is 10.5. The number of amides is 3. The van der Waals surface area contributed by atoms with Gasteiger partial charge in [-0.3, -0.25) is 4.79 Å². The average molecular weight is 476 g/mol. The molecule has 34 heavy (non-hydrogen) atoms. The Hall–Kier alpha value is -1.85. The third kappa shape index (κ3) is 7.32. The van der Waals surface area contributed by atoms with Crippen LogP contribution in [0.4, 0.5) is 4.79 Å². The summed E-state index contributed by atoms with van der Waals surface area (Å²) in [5, 5.41) is 16.4. The number of carbonyl (C=O) groups excluding carboxylic acids is 2. The lowest BCUT2D eigenvalue weighted by Gasteiger charge is -2.44. The third-order valence-corrected chi connectivity index (χ3v) is 7.84. The maximum absolute atomic E-state index is 13.6. The Labute approximate surface area is 205 Å². The van der Waals surface area contributed by atoms with Crippen LogP contribution >= 0.6 is 0 Å². The highest BCUT2D eigenvalue weighted by Gasteiger charge is 2.42. The fraction of sp³-hybridized carbons (Fsp3) is 0.885. The number of nitriles is 1. The summed E-state index contributed by atoms with van der Waals surface area (Å²) in [5.41, 5.74) is -0.865. The van der Waals surface area contributed by atoms with Crippen molar-refractivity contribution in [1.82, 2.24) is 20.4 Å². The average Bonchev–Trinajstić information content (AvgIpc) is 2.86. The SMILES string of the molecule is CCCC1CC(C#N)(NC(=O)C(CC2CCCCC2)NC(=O)N2CCOCC2)CCN1CCC. The summed E-state index contributed by atoms with van der Waals surface area (Å²) in [5.74, 6) is 0.236. The van der Waals surface area contributed by atoms with Crippen molar-refractivity contribution in [3.63, 3.8) is 0 Å². The van der Waals surface area contributed by atoms with E-state index in [2.05, 4.69) is 35.5 Å². The first-order chi connectivity index (χ1) is 16.5. The summed E-state index contributed by atoms with van der Waals surface area (Å²) in [6.07, 6.45) is 10.9. The molecule has 3 fully saturated rings. The first kappa shape index (κ1) is 26.7. The molecule has 8 heteroatoms. The molecule has 2 heterocycles. The molecule has 0 bridgehead atoms. The van der Waals surface area contributed by atoms with E-state index in [0.29, 0.717) is 57.5 Å². The van der Waals surface area contributed by atoms with E-state index in [-0.39, 0.29) is 11.9 Å². The van der Waals surface area contributed by atoms with Crippen molar-refractivity contribution in [2.24, 2.45) is 5.92 Å². The minimum absolute atomic E-state index is 0.201. The molecule has 1 aliphatic carbocycles. The lowest BCUT2D eigenvalue weighted by atomic mass is 9.81. The quantitative estimate of drug-likeness (QED) is 0.533. The van der Waals surface area contributed by atoms with Crippen LogP contribution in [0.2, 0.25) is 0 Å². The molecule has 3 unspecified atom stereocenters. The van der Waals surface area contributed by atoms with Gasteiger partial charge in [0.05, 0.1) is 19.3 Å². The van der Waals surface area contributed by atoms with Gasteiger partial charge in [-0.1, -0.05) is 52.4 Å². The molecule has 8 nitrogen and oxygen atoms in total. The van der Waals surface area contributed by atoms with Gasteiger partial charge in [-0.15, -0.1) is 0 Å². The molecule has 3 aliphatic rings. The molecular weight excluding hydrogens is 430 g/mol. The molecule has 3 amide bonds. The number of morpholine rings is 1. The number of ether oxygens (including phenoxy) is 1. The largest absolute Gasteiger partial charge is 0.378 e. The minimum atomic E-state index is -0.865. The molecule has 0 aromatic rings. The molecular formula is C26H45N5O3. The first-order valence-corrected chi connectivity index (χ1v) is 13.6. The Balaban J connectivity index is 1.70. The zero-order valence-corrected chi connectivity index (χ0v) is 21.3. The number of rotatable bonds is 9. The smallest absolute Gasteiger partial charge is 0.318 e. The van der Waals surface area contributed by atoms with Crippen molar-refractivity contribution in [3.05, 3.63) is 0 Å². The monoisotopic (exact) mass is 475 g/mol. The summed E-state index contributed by atoms with van der Waals surface area (Å²) < 4.78 is 5.37. The van der Waals surface area contributed by atoms with Crippen molar-refractivity contribution in [2.75, 3.05) is 39.4 Å². The number of hydrogen-bond acceptors (Lipinski definition) is 5. The maximum atomic E-state index is 13.6. The van der Waals surface area contributed by atoms with Crippen molar-refractivity contribution >= 4 is 11.9 Å². The molecule has 0 spiro atoms. The van der Waals surface area contributed by atoms with Crippen LogP contribution in [0.3, 0.4) is 0 Å². The Bertz CT molecular complexity index is 699. The number of carbonyl (C=O) groups is 2. The van der Waals surface area contributed by atoms with Gasteiger partial charge in [-0.05, 0) is 44.6 Å². The number of hydrogen-bond donors (Lipinski definition) is 2. The normalized spacial score (nSPS) is 27.6. The van der Waals surface area contributed by atoms with Crippen molar-refractivity contribution < 1.29 is 14.3 Å². The highest BCUT2D eigenvalue weighted by molar-refractivity contribution is 5.87. The zero-order chi connectivity index (χ0) is 24.4. The Morgan fingerprint density at radius 3 is 2.50 bits per heavy atom. The van der Waals surface area contributed by atoms with Crippen LogP contribution in [-0.2, 0) is 9.53 Å². The lowest BCUT2D eigenvalue weighted by molar-refractivity contribution is -0.125. The fourth-order valence-electron chi connectivity index (χ4n) is 5.91. The molecule has 3 rings (SSSR count). The van der Waals surface area contributed by atoms with Gasteiger partial charge in [0, 0.05) is 25.7 Å². The molecule has 2 N–H and O–H groups in total. The first-order valence-electron chi connectivity index (χ1n) is 13.6. The van der Waals surface area contributed by atoms with Gasteiger partial charge in [0.15, 0.2) is 0 Å². The van der Waals surface area contributed by atoms with Gasteiger partial charge in [-0.25, -0.2) is 4.79 Å². The molecule has 0 radical (unpaired) electrons. The lowest BCUT2D eigenvalue weighted by Crippen LogP contribution is -2.62. The topological polar surface area (TPSA) is 97.7 Å². The second-order valence-corrected chi connectivity index (χ2v) is 10.5. The predicted molar refractivity (Wildman–Crippen MR) is 132 cm³/mol. The Morgan fingerprint density at radius 2 is 1.85 bits per heavy atom. The van der Waals surface area contributed by atoms with E-state index in [1.165, 1.54) is 19.3 Å². The molecule has 192 valence electrons. The van der Waals surface area contributed by atoms with Crippen LogP contribution in [-0.4, -0.2) is 78.8 Å². The number of urea groups is 1. The predicted octanol–water partition coefficient (Wildman–Crippen LogP) is 3.42. The van der Waals surface area contributed by atoms with Crippen molar-refractivity contribution in [2.45, 2.75) is 102 Å². The Kier molecular flexibility index (Phi) is 10.5. The zero-order valence-electron chi connectivity index (χ0n) is 21.3. The molecule has 0 aromatic heterocycles. The van der Waals surface area contributed by atoms with Crippen LogP contribution in [0.1, 0.15) is 84.5 Å². The summed E-state index contributed by atoms with van der Waals surface area (Å²) in [6.45, 7) is 8.33. The van der Waals surface area contributed by atoms with Crippen molar-refractivity contribution in [1.29, 1.82) is 5.26 Å². The van der Waals surface area contributed by atoms with E-state index >= 15 is 0 Å². The summed E-state index contributed by atoms with van der Waals surface area (Å²) in [7, 11) is 0. The minimum Gasteiger partial charge on any atom is -0.378 e. The van der Waals surface area contributed by atoms with Crippen LogP contribution in [0.15, 0.2) is 0 Å². The molecule has 0 aromatic carbocycles. The van der Waals surface area contributed by atoms with E-state index in [0.717, 1.165) is 45.2 Å². The standard InChI is InChI=1S/C26H45N5O3/c1-3-8-22-19-26(20-27,11-13-30(22)12-4-2)29-24(32)23(18-21-9-6-5-7-10-21)28-25(33)31-14-16-34-17-15-31/h21-23H,3-19H2,1-2H3,(H,28,33)(H,29,32). The van der Waals surface area contributed by atoms with E-state index in [9.17, 15) is 14.9 Å². The van der Waals surface area contributed by atoms with Gasteiger partial charge in [0.1, 0.15) is 11.6 Å². The third-order valence-electron chi connectivity index (χ3n) is 7.84. The van der Waals surface area contributed by atoms with Crippen LogP contribution in [0.25, 0.3) is 0 Å². The van der Waals surface area contributed by atoms with E-state index in [1.807, 2.05) is 0 Å². The van der Waals surface area contributed by atoms with Crippen molar-refractivity contribution in [3.8, 4) is 6.07 Å². The van der Waals surface area contributed by atoms with E-state index in [1.54, 1.807) is 4.90 Å². The number of nitrogens with one attached hydrogen (secondary N) is 2. The molecule has 3 atom stereocenters. The van der Waals surface area contributed by atoms with E-state index in [4.69, 9.17) is 4.74 Å². The van der Waals surface area contributed by atoms with Crippen LogP contribution in [0.5, 0.6) is 0 Å². The van der Waals surface area contributed by atoms with Gasteiger partial charge >= 0.3 is 6.03 Å². The number of piperidine rings is 1. The Morgan fingerprint density at radius 1 is 1.12 bits per heavy atom. The van der Waals surface area contributed by atoms with Crippen LogP contribution in [0, 0.1) is 17.2 Å². The van der Waals surface area contributed by atoms with E-state index < -0.39 is 11.6 Å². The van der Waals surface area contributed by atoms with Gasteiger partial charge in [-0.2, -0.15) is 5.26 Å². The molecule has 2 saturated heterocycles. The number of likely N-dealkylation sites (tertiary alicyclic amines) is 1. The fourth-order valence-corrected chi connectivity index (χ4v) is 5.91. The number of nitrogens with zero attached hydrogens (tertiary/aromatic N) is 3. The molecule has 1 saturated carbocycles. The van der Waals surface area contributed by atoms with Gasteiger partial charge in [0.2, 0.25) is 5.91 Å². The van der Waals surface area contributed by atoms with Crippen LogP contribution < -0.4 is 10.6 Å². The highest BCUT2D eigenvalue weighted by atomic mass is 16.5.